The second kappa shape index (κ2) is 5.21. The fourth-order valence-corrected chi connectivity index (χ4v) is 0.441. The van der Waals surface area contributed by atoms with Crippen LogP contribution in [-0.4, -0.2) is 4.43 Å². The smallest absolute Gasteiger partial charge is 0.0178 e. The summed E-state index contributed by atoms with van der Waals surface area (Å²) in [6, 6.07) is 0. The Hall–Kier alpha value is 0.210. The lowest BCUT2D eigenvalue weighted by molar-refractivity contribution is 1.82. The summed E-state index contributed by atoms with van der Waals surface area (Å²) in [4.78, 5) is 0. The zero-order chi connectivity index (χ0) is 4.83. The molecule has 0 rings (SSSR count). The highest BCUT2D eigenvalue weighted by molar-refractivity contribution is 14.1. The molecule has 0 saturated carbocycles. The summed E-state index contributed by atoms with van der Waals surface area (Å²) in [6.45, 7) is 3.51. The van der Waals surface area contributed by atoms with E-state index in [1.807, 2.05) is 12.2 Å². The van der Waals surface area contributed by atoms with Crippen LogP contribution in [0.1, 0.15) is 0 Å². The number of alkyl halides is 1. The SMILES string of the molecule is C=C/C=C\CI. The van der Waals surface area contributed by atoms with Crippen molar-refractivity contribution in [3.63, 3.8) is 0 Å². The van der Waals surface area contributed by atoms with E-state index in [4.69, 9.17) is 0 Å². The molecule has 0 bridgehead atoms. The van der Waals surface area contributed by atoms with E-state index < -0.39 is 0 Å². The standard InChI is InChI=1S/C5H7I/c1-2-3-4-5-6/h2-4H,1,5H2/b4-3-. The molecule has 0 amide bonds. The molecule has 0 aromatic rings. The van der Waals surface area contributed by atoms with Crippen molar-refractivity contribution in [2.75, 3.05) is 4.43 Å². The Morgan fingerprint density at radius 2 is 2.33 bits per heavy atom. The number of rotatable bonds is 2. The van der Waals surface area contributed by atoms with Gasteiger partial charge in [0.1, 0.15) is 0 Å². The fourth-order valence-electron chi connectivity index (χ4n) is 0.148. The molecule has 34 valence electrons. The summed E-state index contributed by atoms with van der Waals surface area (Å²) in [7, 11) is 0. The molecule has 0 spiro atoms. The summed E-state index contributed by atoms with van der Waals surface area (Å²) >= 11 is 2.28. The lowest BCUT2D eigenvalue weighted by Gasteiger charge is -1.66. The average molecular weight is 194 g/mol. The van der Waals surface area contributed by atoms with Crippen LogP contribution in [0.2, 0.25) is 0 Å². The van der Waals surface area contributed by atoms with Gasteiger partial charge in [-0.3, -0.25) is 0 Å². The van der Waals surface area contributed by atoms with E-state index in [0.717, 1.165) is 4.43 Å². The molecule has 6 heavy (non-hydrogen) atoms. The maximum absolute atomic E-state index is 3.51. The van der Waals surface area contributed by atoms with Gasteiger partial charge in [0, 0.05) is 4.43 Å². The molecule has 0 aliphatic heterocycles. The molecule has 0 unspecified atom stereocenters. The average Bonchev–Trinajstić information content (AvgIpc) is 1.61. The van der Waals surface area contributed by atoms with Crippen molar-refractivity contribution in [2.24, 2.45) is 0 Å². The minimum absolute atomic E-state index is 1.07. The van der Waals surface area contributed by atoms with Crippen LogP contribution >= 0.6 is 22.6 Å². The van der Waals surface area contributed by atoms with E-state index in [1.165, 1.54) is 0 Å². The fraction of sp³-hybridized carbons (Fsp3) is 0.200. The predicted molar refractivity (Wildman–Crippen MR) is 38.2 cm³/mol. The van der Waals surface area contributed by atoms with Gasteiger partial charge in [-0.25, -0.2) is 0 Å². The van der Waals surface area contributed by atoms with Crippen LogP contribution < -0.4 is 0 Å². The van der Waals surface area contributed by atoms with Gasteiger partial charge in [-0.15, -0.1) is 0 Å². The Morgan fingerprint density at radius 1 is 1.67 bits per heavy atom. The Labute approximate surface area is 52.1 Å². The normalized spacial score (nSPS) is 9.50. The van der Waals surface area contributed by atoms with Gasteiger partial charge in [-0.05, 0) is 0 Å². The molecule has 0 saturated heterocycles. The van der Waals surface area contributed by atoms with Crippen LogP contribution in [0.3, 0.4) is 0 Å². The lowest BCUT2D eigenvalue weighted by Crippen LogP contribution is -1.51. The van der Waals surface area contributed by atoms with E-state index in [1.54, 1.807) is 6.08 Å². The Kier molecular flexibility index (Phi) is 5.39. The highest BCUT2D eigenvalue weighted by Gasteiger charge is 1.57. The Morgan fingerprint density at radius 3 is 2.50 bits per heavy atom. The molecule has 0 atom stereocenters. The number of hydrogen-bond donors (Lipinski definition) is 0. The third kappa shape index (κ3) is 4.21. The zero-order valence-electron chi connectivity index (χ0n) is 3.52. The van der Waals surface area contributed by atoms with Crippen molar-refractivity contribution in [3.8, 4) is 0 Å². The maximum atomic E-state index is 3.51. The second-order valence-corrected chi connectivity index (χ2v) is 1.70. The minimum atomic E-state index is 1.07. The molecule has 0 aromatic carbocycles. The van der Waals surface area contributed by atoms with E-state index in [2.05, 4.69) is 29.2 Å². The van der Waals surface area contributed by atoms with Crippen molar-refractivity contribution in [1.82, 2.24) is 0 Å². The van der Waals surface area contributed by atoms with Gasteiger partial charge in [0.25, 0.3) is 0 Å². The van der Waals surface area contributed by atoms with Crippen LogP contribution in [0.4, 0.5) is 0 Å². The van der Waals surface area contributed by atoms with Gasteiger partial charge in [0.05, 0.1) is 0 Å². The molecule has 0 radical (unpaired) electrons. The predicted octanol–water partition coefficient (Wildman–Crippen LogP) is 2.16. The van der Waals surface area contributed by atoms with Gasteiger partial charge in [-0.2, -0.15) is 0 Å². The molecular formula is C5H7I. The van der Waals surface area contributed by atoms with E-state index in [-0.39, 0.29) is 0 Å². The van der Waals surface area contributed by atoms with Crippen LogP contribution in [-0.2, 0) is 0 Å². The van der Waals surface area contributed by atoms with Gasteiger partial charge < -0.3 is 0 Å². The first kappa shape index (κ1) is 6.21. The summed E-state index contributed by atoms with van der Waals surface area (Å²) < 4.78 is 1.07. The maximum Gasteiger partial charge on any atom is 0.0178 e. The van der Waals surface area contributed by atoms with Crippen molar-refractivity contribution >= 4 is 22.6 Å². The van der Waals surface area contributed by atoms with Crippen molar-refractivity contribution < 1.29 is 0 Å². The number of allylic oxidation sites excluding steroid dienone is 3. The van der Waals surface area contributed by atoms with Gasteiger partial charge >= 0.3 is 0 Å². The Bertz CT molecular complexity index is 55.0. The minimum Gasteiger partial charge on any atom is -0.0991 e. The van der Waals surface area contributed by atoms with Crippen molar-refractivity contribution in [3.05, 3.63) is 24.8 Å². The summed E-state index contributed by atoms with van der Waals surface area (Å²) in [5.41, 5.74) is 0. The molecule has 0 aliphatic rings. The molecule has 1 heteroatoms. The van der Waals surface area contributed by atoms with E-state index in [0.29, 0.717) is 0 Å². The Balaban J connectivity index is 2.94. The van der Waals surface area contributed by atoms with Gasteiger partial charge in [-0.1, -0.05) is 47.4 Å². The van der Waals surface area contributed by atoms with Gasteiger partial charge in [0.2, 0.25) is 0 Å². The molecule has 0 N–H and O–H groups in total. The first-order chi connectivity index (χ1) is 2.91. The van der Waals surface area contributed by atoms with Crippen molar-refractivity contribution in [2.45, 2.75) is 0 Å². The molecule has 0 fully saturated rings. The van der Waals surface area contributed by atoms with Crippen LogP contribution in [0.15, 0.2) is 24.8 Å². The summed E-state index contributed by atoms with van der Waals surface area (Å²) in [5.74, 6) is 0. The van der Waals surface area contributed by atoms with Crippen LogP contribution in [0.25, 0.3) is 0 Å². The quantitative estimate of drug-likeness (QED) is 0.359. The first-order valence-electron chi connectivity index (χ1n) is 1.75. The number of hydrogen-bond acceptors (Lipinski definition) is 0. The van der Waals surface area contributed by atoms with Gasteiger partial charge in [0.15, 0.2) is 0 Å². The summed E-state index contributed by atoms with van der Waals surface area (Å²) in [5, 5.41) is 0. The highest BCUT2D eigenvalue weighted by atomic mass is 127. The third-order valence-electron chi connectivity index (χ3n) is 0.361. The van der Waals surface area contributed by atoms with Crippen molar-refractivity contribution in [1.29, 1.82) is 0 Å². The second-order valence-electron chi connectivity index (χ2n) is 0.818. The zero-order valence-corrected chi connectivity index (χ0v) is 5.68. The van der Waals surface area contributed by atoms with Crippen LogP contribution in [0, 0.1) is 0 Å². The molecule has 0 aliphatic carbocycles. The highest BCUT2D eigenvalue weighted by Crippen LogP contribution is 1.80. The molecule has 0 nitrogen and oxygen atoms in total. The largest absolute Gasteiger partial charge is 0.0991 e. The number of halogens is 1. The monoisotopic (exact) mass is 194 g/mol. The summed E-state index contributed by atoms with van der Waals surface area (Å²) in [6.07, 6.45) is 5.76. The topological polar surface area (TPSA) is 0 Å². The third-order valence-corrected chi connectivity index (χ3v) is 0.870. The van der Waals surface area contributed by atoms with E-state index >= 15 is 0 Å². The molecular weight excluding hydrogens is 187 g/mol. The van der Waals surface area contributed by atoms with E-state index in [9.17, 15) is 0 Å². The lowest BCUT2D eigenvalue weighted by atomic mass is 10.5. The van der Waals surface area contributed by atoms with Crippen LogP contribution in [0.5, 0.6) is 0 Å². The molecule has 0 aromatic heterocycles. The molecule has 0 heterocycles. The first-order valence-corrected chi connectivity index (χ1v) is 3.28.